The summed E-state index contributed by atoms with van der Waals surface area (Å²) in [5, 5.41) is 0. The van der Waals surface area contributed by atoms with Gasteiger partial charge in [-0.2, -0.15) is 0 Å². The summed E-state index contributed by atoms with van der Waals surface area (Å²) in [6.07, 6.45) is 18.6. The molecule has 0 aromatic carbocycles. The van der Waals surface area contributed by atoms with Gasteiger partial charge in [-0.15, -0.1) is 6.42 Å². The van der Waals surface area contributed by atoms with Crippen molar-refractivity contribution in [2.24, 2.45) is 35.0 Å². The minimum atomic E-state index is -1.69. The summed E-state index contributed by atoms with van der Waals surface area (Å²) in [7, 11) is -3.12. The molecule has 0 aliphatic heterocycles. The zero-order valence-electron chi connectivity index (χ0n) is 20.7. The third kappa shape index (κ3) is 4.02. The first-order valence-corrected chi connectivity index (χ1v) is 19.5. The van der Waals surface area contributed by atoms with Gasteiger partial charge in [-0.3, -0.25) is 0 Å². The van der Waals surface area contributed by atoms with E-state index in [0.717, 1.165) is 36.0 Å². The smallest absolute Gasteiger partial charge is 0.185 e. The second-order valence-corrected chi connectivity index (χ2v) is 22.2. The van der Waals surface area contributed by atoms with Gasteiger partial charge >= 0.3 is 0 Å². The predicted octanol–water partition coefficient (Wildman–Crippen LogP) is 7.08. The third-order valence-electron chi connectivity index (χ3n) is 9.26. The number of hydrogen-bond acceptors (Lipinski definition) is 2. The molecule has 0 aromatic rings. The molecule has 30 heavy (non-hydrogen) atoms. The normalized spacial score (nSPS) is 46.5. The second-order valence-electron chi connectivity index (χ2n) is 13.3. The van der Waals surface area contributed by atoms with Gasteiger partial charge < -0.3 is 8.85 Å². The molecule has 0 radical (unpaired) electrons. The first kappa shape index (κ1) is 23.1. The van der Waals surface area contributed by atoms with E-state index in [0.29, 0.717) is 6.10 Å². The summed E-state index contributed by atoms with van der Waals surface area (Å²) in [5.74, 6) is 7.66. The predicted molar refractivity (Wildman–Crippen MR) is 131 cm³/mol. The van der Waals surface area contributed by atoms with Crippen LogP contribution in [0.15, 0.2) is 0 Å². The van der Waals surface area contributed by atoms with Gasteiger partial charge in [-0.05, 0) is 127 Å². The highest BCUT2D eigenvalue weighted by atomic mass is 28.4. The Morgan fingerprint density at radius 2 is 1.50 bits per heavy atom. The number of terminal acetylenes is 1. The Bertz CT molecular complexity index is 687. The van der Waals surface area contributed by atoms with Crippen LogP contribution in [-0.4, -0.2) is 28.3 Å². The molecule has 4 aliphatic rings. The van der Waals surface area contributed by atoms with Gasteiger partial charge in [-0.25, -0.2) is 0 Å². The molecule has 0 aromatic heterocycles. The van der Waals surface area contributed by atoms with E-state index in [-0.39, 0.29) is 11.0 Å². The molecule has 0 bridgehead atoms. The Balaban J connectivity index is 1.50. The van der Waals surface area contributed by atoms with E-state index in [1.165, 1.54) is 51.4 Å². The van der Waals surface area contributed by atoms with Crippen LogP contribution in [0.2, 0.25) is 39.3 Å². The lowest BCUT2D eigenvalue weighted by Gasteiger charge is -2.58. The lowest BCUT2D eigenvalue weighted by Crippen LogP contribution is -2.56. The molecule has 0 heterocycles. The van der Waals surface area contributed by atoms with Crippen molar-refractivity contribution in [2.75, 3.05) is 0 Å². The average Bonchev–Trinajstić information content (AvgIpc) is 2.91. The minimum Gasteiger partial charge on any atom is -0.415 e. The largest absolute Gasteiger partial charge is 0.415 e. The maximum atomic E-state index is 6.84. The van der Waals surface area contributed by atoms with Gasteiger partial charge in [0.05, 0.1) is 0 Å². The lowest BCUT2D eigenvalue weighted by atomic mass is 9.49. The first-order chi connectivity index (χ1) is 13.9. The van der Waals surface area contributed by atoms with Gasteiger partial charge in [0.1, 0.15) is 5.60 Å². The molecule has 4 saturated carbocycles. The molecule has 0 N–H and O–H groups in total. The van der Waals surface area contributed by atoms with Crippen LogP contribution in [0.4, 0.5) is 0 Å². The number of rotatable bonds is 4. The Kier molecular flexibility index (Phi) is 5.96. The standard InChI is InChI=1S/C26H46O2Si2/c1-9-26(28-30(6,7)8)17-15-24-23-12-10-19-18-20(27-29(3,4)5)11-13-21(19)22(23)14-16-25(24,26)2/h1,19-24H,10-18H2,2-8H3/t19?,20?,21-,22+,23+,24-,25-,26?/m0/s1. The summed E-state index contributed by atoms with van der Waals surface area (Å²) in [5.41, 5.74) is -0.138. The summed E-state index contributed by atoms with van der Waals surface area (Å²) >= 11 is 0. The summed E-state index contributed by atoms with van der Waals surface area (Å²) in [6.45, 7) is 16.5. The van der Waals surface area contributed by atoms with Crippen LogP contribution >= 0.6 is 0 Å². The molecule has 4 heteroatoms. The maximum Gasteiger partial charge on any atom is 0.185 e. The second kappa shape index (κ2) is 7.75. The zero-order valence-corrected chi connectivity index (χ0v) is 22.7. The molecular weight excluding hydrogens is 400 g/mol. The van der Waals surface area contributed by atoms with Crippen LogP contribution < -0.4 is 0 Å². The van der Waals surface area contributed by atoms with Crippen LogP contribution in [0, 0.1) is 47.3 Å². The highest BCUT2D eigenvalue weighted by Gasteiger charge is 2.64. The topological polar surface area (TPSA) is 18.5 Å². The molecule has 4 aliphatic carbocycles. The van der Waals surface area contributed by atoms with Crippen molar-refractivity contribution in [3.05, 3.63) is 0 Å². The fourth-order valence-electron chi connectivity index (χ4n) is 8.37. The molecule has 0 saturated heterocycles. The van der Waals surface area contributed by atoms with E-state index in [1.807, 2.05) is 0 Å². The van der Waals surface area contributed by atoms with Crippen molar-refractivity contribution >= 4 is 16.6 Å². The monoisotopic (exact) mass is 446 g/mol. The van der Waals surface area contributed by atoms with E-state index in [9.17, 15) is 0 Å². The maximum absolute atomic E-state index is 6.84. The van der Waals surface area contributed by atoms with E-state index < -0.39 is 16.6 Å². The van der Waals surface area contributed by atoms with E-state index >= 15 is 0 Å². The Hall–Kier alpha value is -0.0862. The van der Waals surface area contributed by atoms with E-state index in [1.54, 1.807) is 0 Å². The van der Waals surface area contributed by atoms with Crippen molar-refractivity contribution in [1.82, 2.24) is 0 Å². The Morgan fingerprint density at radius 3 is 2.13 bits per heavy atom. The molecular formula is C26H46O2Si2. The van der Waals surface area contributed by atoms with Crippen LogP contribution in [0.5, 0.6) is 0 Å². The van der Waals surface area contributed by atoms with Gasteiger partial charge in [-0.1, -0.05) is 12.8 Å². The molecule has 0 amide bonds. The zero-order chi connectivity index (χ0) is 21.9. The molecule has 8 atom stereocenters. The van der Waals surface area contributed by atoms with Gasteiger partial charge in [0.15, 0.2) is 16.6 Å². The van der Waals surface area contributed by atoms with E-state index in [4.69, 9.17) is 15.3 Å². The molecule has 2 nitrogen and oxygen atoms in total. The van der Waals surface area contributed by atoms with Crippen molar-refractivity contribution < 1.29 is 8.85 Å². The minimum absolute atomic E-state index is 0.175. The summed E-state index contributed by atoms with van der Waals surface area (Å²) in [4.78, 5) is 0. The molecule has 170 valence electrons. The van der Waals surface area contributed by atoms with Crippen LogP contribution in [0.3, 0.4) is 0 Å². The molecule has 0 spiro atoms. The van der Waals surface area contributed by atoms with E-state index in [2.05, 4.69) is 52.1 Å². The molecule has 4 fully saturated rings. The van der Waals surface area contributed by atoms with Crippen molar-refractivity contribution in [3.8, 4) is 12.3 Å². The third-order valence-corrected chi connectivity index (χ3v) is 11.3. The Labute approximate surface area is 188 Å². The fraction of sp³-hybridized carbons (Fsp3) is 0.923. The van der Waals surface area contributed by atoms with Gasteiger partial charge in [0.25, 0.3) is 0 Å². The van der Waals surface area contributed by atoms with Crippen molar-refractivity contribution in [1.29, 1.82) is 0 Å². The van der Waals surface area contributed by atoms with Gasteiger partial charge in [0, 0.05) is 11.5 Å². The fourth-order valence-corrected chi connectivity index (χ4v) is 11.0. The van der Waals surface area contributed by atoms with Crippen molar-refractivity contribution in [2.45, 2.75) is 116 Å². The number of fused-ring (bicyclic) bond motifs is 5. The summed E-state index contributed by atoms with van der Waals surface area (Å²) < 4.78 is 13.4. The lowest BCUT2D eigenvalue weighted by molar-refractivity contribution is -0.104. The van der Waals surface area contributed by atoms with Gasteiger partial charge in [0.2, 0.25) is 0 Å². The summed E-state index contributed by atoms with van der Waals surface area (Å²) in [6, 6.07) is 0. The Morgan fingerprint density at radius 1 is 0.800 bits per heavy atom. The quantitative estimate of drug-likeness (QED) is 0.339. The highest BCUT2D eigenvalue weighted by Crippen LogP contribution is 2.66. The number of hydrogen-bond donors (Lipinski definition) is 0. The first-order valence-electron chi connectivity index (χ1n) is 12.7. The highest BCUT2D eigenvalue weighted by molar-refractivity contribution is 6.70. The van der Waals surface area contributed by atoms with Crippen molar-refractivity contribution in [3.63, 3.8) is 0 Å². The molecule has 3 unspecified atom stereocenters. The van der Waals surface area contributed by atoms with Crippen LogP contribution in [0.25, 0.3) is 0 Å². The average molecular weight is 447 g/mol. The molecule has 4 rings (SSSR count). The SMILES string of the molecule is C#CC1(O[Si](C)(C)C)CC[C@H]2[C@@H]3CCC4CC(O[Si](C)(C)C)CC[C@@H]4[C@H]3CC[C@@]21C. The van der Waals surface area contributed by atoms with Crippen LogP contribution in [-0.2, 0) is 8.85 Å². The van der Waals surface area contributed by atoms with Crippen LogP contribution in [0.1, 0.15) is 64.7 Å².